The number of amides is 1. The third-order valence-corrected chi connectivity index (χ3v) is 3.04. The monoisotopic (exact) mass is 283 g/mol. The standard InChI is InChI=1S/C14H18ClNO3/c1-9(2)10-4-6-11(7-5-10)13(14(18)19-3)16-12(17)8-15/h4-7,9,13H,8H2,1-3H3,(H,16,17). The number of halogens is 1. The molecule has 5 heteroatoms. The molecule has 4 nitrogen and oxygen atoms in total. The van der Waals surface area contributed by atoms with Crippen LogP contribution in [0.1, 0.15) is 36.9 Å². The van der Waals surface area contributed by atoms with Gasteiger partial charge in [-0.15, -0.1) is 11.6 Å². The van der Waals surface area contributed by atoms with Crippen molar-refractivity contribution >= 4 is 23.5 Å². The Morgan fingerprint density at radius 2 is 1.74 bits per heavy atom. The van der Waals surface area contributed by atoms with Gasteiger partial charge in [0, 0.05) is 0 Å². The van der Waals surface area contributed by atoms with E-state index in [0.29, 0.717) is 11.5 Å². The highest BCUT2D eigenvalue weighted by Crippen LogP contribution is 2.19. The largest absolute Gasteiger partial charge is 0.467 e. The number of benzene rings is 1. The van der Waals surface area contributed by atoms with Crippen LogP contribution in [-0.2, 0) is 14.3 Å². The predicted octanol–water partition coefficient (Wildman–Crippen LogP) is 2.38. The zero-order chi connectivity index (χ0) is 14.4. The van der Waals surface area contributed by atoms with Gasteiger partial charge in [-0.2, -0.15) is 0 Å². The first-order valence-electron chi connectivity index (χ1n) is 6.02. The molecule has 0 saturated carbocycles. The number of carbonyl (C=O) groups excluding carboxylic acids is 2. The molecule has 19 heavy (non-hydrogen) atoms. The summed E-state index contributed by atoms with van der Waals surface area (Å²) < 4.78 is 4.69. The highest BCUT2D eigenvalue weighted by molar-refractivity contribution is 6.27. The van der Waals surface area contributed by atoms with Crippen molar-refractivity contribution in [3.63, 3.8) is 0 Å². The van der Waals surface area contributed by atoms with Gasteiger partial charge in [-0.05, 0) is 17.0 Å². The van der Waals surface area contributed by atoms with Crippen molar-refractivity contribution in [1.29, 1.82) is 0 Å². The van der Waals surface area contributed by atoms with Crippen LogP contribution in [0.25, 0.3) is 0 Å². The van der Waals surface area contributed by atoms with Crippen molar-refractivity contribution in [1.82, 2.24) is 5.32 Å². The van der Waals surface area contributed by atoms with Crippen LogP contribution in [0.3, 0.4) is 0 Å². The summed E-state index contributed by atoms with van der Waals surface area (Å²) in [5.74, 6) is -0.721. The molecule has 0 aromatic heterocycles. The normalized spacial score (nSPS) is 12.1. The number of methoxy groups -OCH3 is 1. The number of rotatable bonds is 5. The summed E-state index contributed by atoms with van der Waals surface area (Å²) in [6.07, 6.45) is 0. The van der Waals surface area contributed by atoms with Crippen molar-refractivity contribution in [3.05, 3.63) is 35.4 Å². The van der Waals surface area contributed by atoms with Gasteiger partial charge >= 0.3 is 5.97 Å². The molecule has 104 valence electrons. The first kappa shape index (κ1) is 15.5. The van der Waals surface area contributed by atoms with Gasteiger partial charge in [-0.25, -0.2) is 4.79 Å². The Hall–Kier alpha value is -1.55. The minimum Gasteiger partial charge on any atom is -0.467 e. The first-order valence-corrected chi connectivity index (χ1v) is 6.56. The molecular formula is C14H18ClNO3. The molecule has 0 heterocycles. The summed E-state index contributed by atoms with van der Waals surface area (Å²) in [5, 5.41) is 2.54. The minimum absolute atomic E-state index is 0.197. The van der Waals surface area contributed by atoms with Crippen LogP contribution >= 0.6 is 11.6 Å². The number of carbonyl (C=O) groups is 2. The second-order valence-electron chi connectivity index (χ2n) is 4.48. The number of ether oxygens (including phenoxy) is 1. The Morgan fingerprint density at radius 3 is 2.16 bits per heavy atom. The van der Waals surface area contributed by atoms with Crippen LogP contribution in [0.2, 0.25) is 0 Å². The molecule has 1 amide bonds. The molecule has 1 rings (SSSR count). The SMILES string of the molecule is COC(=O)C(NC(=O)CCl)c1ccc(C(C)C)cc1. The number of hydrogen-bond donors (Lipinski definition) is 1. The van der Waals surface area contributed by atoms with E-state index in [0.717, 1.165) is 5.56 Å². The van der Waals surface area contributed by atoms with Crippen molar-refractivity contribution in [2.45, 2.75) is 25.8 Å². The second-order valence-corrected chi connectivity index (χ2v) is 4.75. The van der Waals surface area contributed by atoms with Crippen LogP contribution in [-0.4, -0.2) is 24.9 Å². The molecule has 0 spiro atoms. The number of alkyl halides is 1. The Balaban J connectivity index is 2.97. The van der Waals surface area contributed by atoms with Gasteiger partial charge in [0.1, 0.15) is 5.88 Å². The molecule has 0 aliphatic carbocycles. The summed E-state index contributed by atoms with van der Waals surface area (Å²) in [6, 6.07) is 6.67. The third kappa shape index (κ3) is 4.24. The van der Waals surface area contributed by atoms with Gasteiger partial charge in [0.25, 0.3) is 0 Å². The minimum atomic E-state index is -0.822. The van der Waals surface area contributed by atoms with E-state index in [9.17, 15) is 9.59 Å². The first-order chi connectivity index (χ1) is 8.99. The highest BCUT2D eigenvalue weighted by atomic mass is 35.5. The maximum Gasteiger partial charge on any atom is 0.333 e. The quantitative estimate of drug-likeness (QED) is 0.667. The summed E-state index contributed by atoms with van der Waals surface area (Å²) >= 11 is 5.43. The molecule has 1 atom stereocenters. The fraction of sp³-hybridized carbons (Fsp3) is 0.429. The van der Waals surface area contributed by atoms with Gasteiger partial charge in [0.2, 0.25) is 5.91 Å². The van der Waals surface area contributed by atoms with Gasteiger partial charge < -0.3 is 10.1 Å². The Bertz CT molecular complexity index is 443. The van der Waals surface area contributed by atoms with Gasteiger partial charge in [-0.3, -0.25) is 4.79 Å². The molecule has 1 aromatic carbocycles. The molecule has 0 saturated heterocycles. The molecule has 1 unspecified atom stereocenters. The van der Waals surface area contributed by atoms with E-state index in [1.54, 1.807) is 0 Å². The van der Waals surface area contributed by atoms with Gasteiger partial charge in [-0.1, -0.05) is 38.1 Å². The Labute approximate surface area is 118 Å². The average molecular weight is 284 g/mol. The molecule has 1 aromatic rings. The molecule has 0 aliphatic rings. The van der Waals surface area contributed by atoms with Crippen molar-refractivity contribution < 1.29 is 14.3 Å². The number of nitrogens with one attached hydrogen (secondary N) is 1. The van der Waals surface area contributed by atoms with Crippen LogP contribution in [0.4, 0.5) is 0 Å². The van der Waals surface area contributed by atoms with E-state index in [4.69, 9.17) is 16.3 Å². The van der Waals surface area contributed by atoms with Crippen LogP contribution in [0.5, 0.6) is 0 Å². The third-order valence-electron chi connectivity index (χ3n) is 2.80. The van der Waals surface area contributed by atoms with Crippen molar-refractivity contribution in [2.75, 3.05) is 13.0 Å². The highest BCUT2D eigenvalue weighted by Gasteiger charge is 2.23. The molecule has 1 N–H and O–H groups in total. The topological polar surface area (TPSA) is 55.4 Å². The van der Waals surface area contributed by atoms with E-state index in [2.05, 4.69) is 19.2 Å². The zero-order valence-electron chi connectivity index (χ0n) is 11.3. The summed E-state index contributed by atoms with van der Waals surface area (Å²) in [4.78, 5) is 23.0. The lowest BCUT2D eigenvalue weighted by Crippen LogP contribution is -2.35. The molecule has 0 bridgehead atoms. The lowest BCUT2D eigenvalue weighted by molar-refractivity contribution is -0.145. The number of esters is 1. The maximum absolute atomic E-state index is 11.7. The van der Waals surface area contributed by atoms with E-state index < -0.39 is 17.9 Å². The van der Waals surface area contributed by atoms with Crippen molar-refractivity contribution in [3.8, 4) is 0 Å². The molecule has 0 fully saturated rings. The van der Waals surface area contributed by atoms with Crippen molar-refractivity contribution in [2.24, 2.45) is 0 Å². The van der Waals surface area contributed by atoms with Crippen LogP contribution < -0.4 is 5.32 Å². The predicted molar refractivity (Wildman–Crippen MR) is 74.2 cm³/mol. The fourth-order valence-corrected chi connectivity index (χ4v) is 1.75. The Morgan fingerprint density at radius 1 is 1.21 bits per heavy atom. The zero-order valence-corrected chi connectivity index (χ0v) is 12.0. The second kappa shape index (κ2) is 7.14. The average Bonchev–Trinajstić information content (AvgIpc) is 2.43. The van der Waals surface area contributed by atoms with E-state index in [1.807, 2.05) is 24.3 Å². The molecule has 0 radical (unpaired) electrons. The van der Waals surface area contributed by atoms with Crippen LogP contribution in [0.15, 0.2) is 24.3 Å². The summed E-state index contributed by atoms with van der Waals surface area (Å²) in [7, 11) is 1.28. The maximum atomic E-state index is 11.7. The van der Waals surface area contributed by atoms with E-state index in [1.165, 1.54) is 7.11 Å². The van der Waals surface area contributed by atoms with Gasteiger partial charge in [0.15, 0.2) is 6.04 Å². The summed E-state index contributed by atoms with van der Waals surface area (Å²) in [6.45, 7) is 4.17. The van der Waals surface area contributed by atoms with Gasteiger partial charge in [0.05, 0.1) is 7.11 Å². The molecular weight excluding hydrogens is 266 g/mol. The number of hydrogen-bond acceptors (Lipinski definition) is 3. The fourth-order valence-electron chi connectivity index (χ4n) is 1.67. The summed E-state index contributed by atoms with van der Waals surface area (Å²) in [5.41, 5.74) is 1.84. The Kier molecular flexibility index (Phi) is 5.83. The molecule has 0 aliphatic heterocycles. The lowest BCUT2D eigenvalue weighted by Gasteiger charge is -2.17. The van der Waals surface area contributed by atoms with E-state index in [-0.39, 0.29) is 5.88 Å². The lowest BCUT2D eigenvalue weighted by atomic mass is 9.99. The van der Waals surface area contributed by atoms with E-state index >= 15 is 0 Å². The smallest absolute Gasteiger partial charge is 0.333 e. The van der Waals surface area contributed by atoms with Crippen LogP contribution in [0, 0.1) is 0 Å².